The lowest BCUT2D eigenvalue weighted by molar-refractivity contribution is -0.135. The second-order valence-corrected chi connectivity index (χ2v) is 6.05. The Balaban J connectivity index is 2.60. The molecule has 0 unspecified atom stereocenters. The largest absolute Gasteiger partial charge is 0.338 e. The van der Waals surface area contributed by atoms with E-state index in [2.05, 4.69) is 25.7 Å². The van der Waals surface area contributed by atoms with E-state index in [1.54, 1.807) is 0 Å². The summed E-state index contributed by atoms with van der Waals surface area (Å²) < 4.78 is 0. The summed E-state index contributed by atoms with van der Waals surface area (Å²) in [5.41, 5.74) is 6.01. The van der Waals surface area contributed by atoms with Crippen LogP contribution < -0.4 is 5.73 Å². The average molecular weight is 254 g/mol. The van der Waals surface area contributed by atoms with Crippen LogP contribution in [0.15, 0.2) is 0 Å². The third kappa shape index (κ3) is 4.60. The van der Waals surface area contributed by atoms with Crippen LogP contribution in [-0.2, 0) is 4.79 Å². The molecule has 0 bridgehead atoms. The van der Waals surface area contributed by atoms with E-state index >= 15 is 0 Å². The van der Waals surface area contributed by atoms with Gasteiger partial charge in [-0.3, -0.25) is 4.79 Å². The van der Waals surface area contributed by atoms with Crippen molar-refractivity contribution in [2.75, 3.05) is 6.54 Å². The van der Waals surface area contributed by atoms with Crippen LogP contribution in [-0.4, -0.2) is 29.4 Å². The van der Waals surface area contributed by atoms with Gasteiger partial charge in [0, 0.05) is 12.6 Å². The van der Waals surface area contributed by atoms with Gasteiger partial charge < -0.3 is 10.6 Å². The summed E-state index contributed by atoms with van der Waals surface area (Å²) in [5, 5.41) is 0. The predicted molar refractivity (Wildman–Crippen MR) is 76.3 cm³/mol. The Hall–Kier alpha value is -0.570. The molecule has 0 radical (unpaired) electrons. The summed E-state index contributed by atoms with van der Waals surface area (Å²) in [5.74, 6) is 0.827. The van der Waals surface area contributed by atoms with Crippen molar-refractivity contribution in [3.63, 3.8) is 0 Å². The standard InChI is InChI=1S/C15H30N2O/c1-4-7-14(16)15(18)17(11-10-12(2)3)13-8-5-6-9-13/h12-14H,4-11,16H2,1-3H3/t14-/m0/s1. The number of rotatable bonds is 7. The average Bonchev–Trinajstić information content (AvgIpc) is 2.82. The van der Waals surface area contributed by atoms with E-state index < -0.39 is 0 Å². The van der Waals surface area contributed by atoms with E-state index in [1.807, 2.05) is 0 Å². The molecule has 0 aromatic rings. The summed E-state index contributed by atoms with van der Waals surface area (Å²) in [6.07, 6.45) is 7.74. The number of hydrogen-bond donors (Lipinski definition) is 1. The lowest BCUT2D eigenvalue weighted by atomic mass is 10.1. The lowest BCUT2D eigenvalue weighted by Gasteiger charge is -2.32. The first-order chi connectivity index (χ1) is 8.56. The van der Waals surface area contributed by atoms with E-state index in [1.165, 1.54) is 25.7 Å². The summed E-state index contributed by atoms with van der Waals surface area (Å²) in [4.78, 5) is 14.5. The molecule has 18 heavy (non-hydrogen) atoms. The van der Waals surface area contributed by atoms with Crippen molar-refractivity contribution in [2.45, 2.75) is 77.8 Å². The second kappa shape index (κ2) is 7.78. The van der Waals surface area contributed by atoms with Gasteiger partial charge in [0.25, 0.3) is 0 Å². The number of carbonyl (C=O) groups is 1. The van der Waals surface area contributed by atoms with Gasteiger partial charge in [-0.15, -0.1) is 0 Å². The summed E-state index contributed by atoms with van der Waals surface area (Å²) >= 11 is 0. The highest BCUT2D eigenvalue weighted by Crippen LogP contribution is 2.25. The van der Waals surface area contributed by atoms with Gasteiger partial charge in [-0.2, -0.15) is 0 Å². The topological polar surface area (TPSA) is 46.3 Å². The van der Waals surface area contributed by atoms with Crippen LogP contribution in [0, 0.1) is 5.92 Å². The van der Waals surface area contributed by atoms with Crippen LogP contribution in [0.5, 0.6) is 0 Å². The predicted octanol–water partition coefficient (Wildman–Crippen LogP) is 2.93. The first kappa shape index (κ1) is 15.5. The van der Waals surface area contributed by atoms with Crippen LogP contribution in [0.4, 0.5) is 0 Å². The Morgan fingerprint density at radius 3 is 2.39 bits per heavy atom. The summed E-state index contributed by atoms with van der Waals surface area (Å²) in [7, 11) is 0. The van der Waals surface area contributed by atoms with Crippen molar-refractivity contribution >= 4 is 5.91 Å². The first-order valence-electron chi connectivity index (χ1n) is 7.62. The van der Waals surface area contributed by atoms with Gasteiger partial charge in [-0.1, -0.05) is 40.0 Å². The Kier molecular flexibility index (Phi) is 6.69. The number of nitrogens with two attached hydrogens (primary N) is 1. The van der Waals surface area contributed by atoms with E-state index in [0.29, 0.717) is 12.0 Å². The maximum atomic E-state index is 12.4. The van der Waals surface area contributed by atoms with Gasteiger partial charge in [-0.05, 0) is 31.6 Å². The highest BCUT2D eigenvalue weighted by Gasteiger charge is 2.29. The molecule has 1 fully saturated rings. The molecule has 1 saturated carbocycles. The number of nitrogens with zero attached hydrogens (tertiary/aromatic N) is 1. The molecule has 0 aromatic carbocycles. The van der Waals surface area contributed by atoms with Gasteiger partial charge in [0.15, 0.2) is 0 Å². The zero-order valence-electron chi connectivity index (χ0n) is 12.3. The van der Waals surface area contributed by atoms with Gasteiger partial charge in [0.2, 0.25) is 5.91 Å². The molecule has 1 rings (SSSR count). The SMILES string of the molecule is CCC[C@H](N)C(=O)N(CCC(C)C)C1CCCC1. The molecule has 1 atom stereocenters. The molecule has 1 aliphatic carbocycles. The fraction of sp³-hybridized carbons (Fsp3) is 0.933. The zero-order valence-corrected chi connectivity index (χ0v) is 12.3. The quantitative estimate of drug-likeness (QED) is 0.759. The Morgan fingerprint density at radius 2 is 1.89 bits per heavy atom. The smallest absolute Gasteiger partial charge is 0.239 e. The van der Waals surface area contributed by atoms with Crippen molar-refractivity contribution < 1.29 is 4.79 Å². The van der Waals surface area contributed by atoms with E-state index in [-0.39, 0.29) is 11.9 Å². The van der Waals surface area contributed by atoms with Crippen molar-refractivity contribution in [1.82, 2.24) is 4.90 Å². The van der Waals surface area contributed by atoms with Crippen molar-refractivity contribution in [3.05, 3.63) is 0 Å². The summed E-state index contributed by atoms with van der Waals surface area (Å²) in [6, 6.07) is 0.168. The fourth-order valence-corrected chi connectivity index (χ4v) is 2.73. The summed E-state index contributed by atoms with van der Waals surface area (Å²) in [6.45, 7) is 7.40. The maximum Gasteiger partial charge on any atom is 0.239 e. The molecule has 3 nitrogen and oxygen atoms in total. The molecule has 3 heteroatoms. The highest BCUT2D eigenvalue weighted by atomic mass is 16.2. The van der Waals surface area contributed by atoms with Gasteiger partial charge >= 0.3 is 0 Å². The van der Waals surface area contributed by atoms with Crippen molar-refractivity contribution in [2.24, 2.45) is 11.7 Å². The van der Waals surface area contributed by atoms with Gasteiger partial charge in [-0.25, -0.2) is 0 Å². The van der Waals surface area contributed by atoms with Crippen LogP contribution >= 0.6 is 0 Å². The molecule has 0 aromatic heterocycles. The molecular formula is C15H30N2O. The second-order valence-electron chi connectivity index (χ2n) is 6.05. The van der Waals surface area contributed by atoms with Crippen LogP contribution in [0.1, 0.15) is 65.7 Å². The Morgan fingerprint density at radius 1 is 1.28 bits per heavy atom. The van der Waals surface area contributed by atoms with E-state index in [4.69, 9.17) is 5.73 Å². The van der Waals surface area contributed by atoms with Crippen molar-refractivity contribution in [3.8, 4) is 0 Å². The molecule has 0 heterocycles. The van der Waals surface area contributed by atoms with Crippen LogP contribution in [0.25, 0.3) is 0 Å². The number of amides is 1. The zero-order chi connectivity index (χ0) is 13.5. The van der Waals surface area contributed by atoms with E-state index in [0.717, 1.165) is 25.8 Å². The van der Waals surface area contributed by atoms with Gasteiger partial charge in [0.1, 0.15) is 0 Å². The number of hydrogen-bond acceptors (Lipinski definition) is 2. The molecule has 2 N–H and O–H groups in total. The normalized spacial score (nSPS) is 18.3. The monoisotopic (exact) mass is 254 g/mol. The van der Waals surface area contributed by atoms with E-state index in [9.17, 15) is 4.79 Å². The van der Waals surface area contributed by atoms with Crippen LogP contribution in [0.3, 0.4) is 0 Å². The molecule has 106 valence electrons. The molecule has 0 spiro atoms. The minimum absolute atomic E-state index is 0.185. The van der Waals surface area contributed by atoms with Crippen LogP contribution in [0.2, 0.25) is 0 Å². The third-order valence-electron chi connectivity index (χ3n) is 3.91. The maximum absolute atomic E-state index is 12.4. The molecule has 0 aliphatic heterocycles. The fourth-order valence-electron chi connectivity index (χ4n) is 2.73. The number of carbonyl (C=O) groups excluding carboxylic acids is 1. The Labute approximate surface area is 112 Å². The molecular weight excluding hydrogens is 224 g/mol. The lowest BCUT2D eigenvalue weighted by Crippen LogP contribution is -2.48. The third-order valence-corrected chi connectivity index (χ3v) is 3.91. The van der Waals surface area contributed by atoms with Gasteiger partial charge in [0.05, 0.1) is 6.04 Å². The highest BCUT2D eigenvalue weighted by molar-refractivity contribution is 5.82. The van der Waals surface area contributed by atoms with Crippen molar-refractivity contribution in [1.29, 1.82) is 0 Å². The minimum atomic E-state index is -0.289. The minimum Gasteiger partial charge on any atom is -0.338 e. The molecule has 0 saturated heterocycles. The first-order valence-corrected chi connectivity index (χ1v) is 7.62. The Bertz CT molecular complexity index is 247. The molecule has 1 amide bonds. The molecule has 1 aliphatic rings.